The minimum absolute atomic E-state index is 0.00648. The van der Waals surface area contributed by atoms with E-state index in [4.69, 9.17) is 14.9 Å². The Kier molecular flexibility index (Phi) is 13.3. The number of aliphatic carboxylic acids is 3. The summed E-state index contributed by atoms with van der Waals surface area (Å²) in [6, 6.07) is 2.18. The summed E-state index contributed by atoms with van der Waals surface area (Å²) in [5.41, 5.74) is 1.03. The molecule has 2 unspecified atom stereocenters. The summed E-state index contributed by atoms with van der Waals surface area (Å²) in [6.07, 6.45) is 1.43. The fourth-order valence-electron chi connectivity index (χ4n) is 3.38. The molecule has 0 aliphatic carbocycles. The standard InChI is InChI=1S/C24H32FN7O9/c25-10-12-32-13-16(30-31-32)14-41-17-6-4-15(5-7-17)27-23(39)26-11-2-1-3-18(21(35)36)28-24(40)29-19(22(37)38)8-9-20(33)34/h4-7,13,18-19H,1-3,8-12,14H2,(H,33,34)(H,35,36)(H,37,38)(H2,26,27,39)(H2,28,29,40). The van der Waals surface area contributed by atoms with Crippen molar-refractivity contribution in [3.63, 3.8) is 0 Å². The molecule has 16 nitrogen and oxygen atoms in total. The number of rotatable bonds is 18. The third kappa shape index (κ3) is 12.6. The SMILES string of the molecule is O=C(O)CCC(NC(=O)NC(CCCCNC(=O)Nc1ccc(OCc2cn(CCF)nn2)cc1)C(=O)O)C(=O)O. The van der Waals surface area contributed by atoms with Crippen molar-refractivity contribution in [2.45, 2.75) is 57.3 Å². The van der Waals surface area contributed by atoms with E-state index in [9.17, 15) is 33.5 Å². The maximum atomic E-state index is 12.3. The molecule has 1 aromatic carbocycles. The molecule has 224 valence electrons. The van der Waals surface area contributed by atoms with E-state index in [1.807, 2.05) is 0 Å². The van der Waals surface area contributed by atoms with Crippen LogP contribution in [0.5, 0.6) is 5.75 Å². The first kappa shape index (κ1) is 32.3. The molecule has 2 atom stereocenters. The first-order valence-corrected chi connectivity index (χ1v) is 12.5. The molecule has 1 heterocycles. The number of carboxylic acids is 3. The summed E-state index contributed by atoms with van der Waals surface area (Å²) < 4.78 is 19.3. The fourth-order valence-corrected chi connectivity index (χ4v) is 3.38. The highest BCUT2D eigenvalue weighted by atomic mass is 19.1. The second-order valence-corrected chi connectivity index (χ2v) is 8.68. The Hall–Kier alpha value is -4.96. The number of nitrogens with zero attached hydrogens (tertiary/aromatic N) is 3. The average molecular weight is 582 g/mol. The predicted molar refractivity (Wildman–Crippen MR) is 139 cm³/mol. The van der Waals surface area contributed by atoms with Crippen LogP contribution in [0.3, 0.4) is 0 Å². The fraction of sp³-hybridized carbons (Fsp3) is 0.458. The molecule has 2 rings (SSSR count). The number of carbonyl (C=O) groups is 5. The van der Waals surface area contributed by atoms with Gasteiger partial charge in [-0.05, 0) is 49.9 Å². The van der Waals surface area contributed by atoms with Crippen molar-refractivity contribution in [1.29, 1.82) is 0 Å². The van der Waals surface area contributed by atoms with Crippen molar-refractivity contribution < 1.29 is 48.4 Å². The highest BCUT2D eigenvalue weighted by Gasteiger charge is 2.24. The van der Waals surface area contributed by atoms with Gasteiger partial charge in [-0.25, -0.2) is 28.3 Å². The number of aryl methyl sites for hydroxylation is 1. The number of nitrogens with one attached hydrogen (secondary N) is 4. The zero-order chi connectivity index (χ0) is 30.2. The van der Waals surface area contributed by atoms with Crippen LogP contribution in [-0.4, -0.2) is 85.6 Å². The van der Waals surface area contributed by atoms with Crippen LogP contribution in [0.1, 0.15) is 37.8 Å². The van der Waals surface area contributed by atoms with Crippen LogP contribution >= 0.6 is 0 Å². The van der Waals surface area contributed by atoms with Gasteiger partial charge >= 0.3 is 30.0 Å². The molecule has 0 spiro atoms. The maximum absolute atomic E-state index is 12.3. The summed E-state index contributed by atoms with van der Waals surface area (Å²) in [6.45, 7) is -0.0844. The van der Waals surface area contributed by atoms with Gasteiger partial charge < -0.3 is 41.3 Å². The van der Waals surface area contributed by atoms with Crippen LogP contribution in [0.15, 0.2) is 30.5 Å². The molecule has 4 amide bonds. The van der Waals surface area contributed by atoms with E-state index in [2.05, 4.69) is 31.6 Å². The number of benzene rings is 1. The summed E-state index contributed by atoms with van der Waals surface area (Å²) in [7, 11) is 0. The number of carbonyl (C=O) groups excluding carboxylic acids is 2. The number of alkyl halides is 1. The van der Waals surface area contributed by atoms with Crippen molar-refractivity contribution in [3.8, 4) is 5.75 Å². The van der Waals surface area contributed by atoms with E-state index >= 15 is 0 Å². The van der Waals surface area contributed by atoms with Crippen LogP contribution in [0.25, 0.3) is 0 Å². The Morgan fingerprint density at radius 1 is 0.927 bits per heavy atom. The summed E-state index contributed by atoms with van der Waals surface area (Å²) >= 11 is 0. The van der Waals surface area contributed by atoms with Gasteiger partial charge in [0.25, 0.3) is 0 Å². The van der Waals surface area contributed by atoms with E-state index < -0.39 is 55.1 Å². The van der Waals surface area contributed by atoms with Gasteiger partial charge in [0.05, 0.1) is 12.7 Å². The molecule has 0 aliphatic rings. The average Bonchev–Trinajstić information content (AvgIpc) is 3.37. The quantitative estimate of drug-likeness (QED) is 0.123. The Labute approximate surface area is 233 Å². The van der Waals surface area contributed by atoms with Gasteiger partial charge in [-0.2, -0.15) is 0 Å². The molecule has 0 radical (unpaired) electrons. The Balaban J connectivity index is 1.67. The lowest BCUT2D eigenvalue weighted by atomic mass is 10.1. The lowest BCUT2D eigenvalue weighted by molar-refractivity contribution is -0.140. The van der Waals surface area contributed by atoms with Gasteiger partial charge in [-0.15, -0.1) is 5.10 Å². The maximum Gasteiger partial charge on any atom is 0.326 e. The van der Waals surface area contributed by atoms with Crippen molar-refractivity contribution >= 4 is 35.7 Å². The van der Waals surface area contributed by atoms with Gasteiger partial charge in [0.1, 0.15) is 36.8 Å². The lowest BCUT2D eigenvalue weighted by Crippen LogP contribution is -2.51. The van der Waals surface area contributed by atoms with E-state index in [1.165, 1.54) is 4.68 Å². The molecule has 17 heteroatoms. The smallest absolute Gasteiger partial charge is 0.326 e. The van der Waals surface area contributed by atoms with E-state index in [0.29, 0.717) is 30.0 Å². The van der Waals surface area contributed by atoms with Crippen LogP contribution in [0.4, 0.5) is 19.7 Å². The molecule has 0 bridgehead atoms. The van der Waals surface area contributed by atoms with E-state index in [-0.39, 0.29) is 32.5 Å². The highest BCUT2D eigenvalue weighted by molar-refractivity contribution is 5.89. The number of hydrogen-bond acceptors (Lipinski definition) is 8. The van der Waals surface area contributed by atoms with E-state index in [1.54, 1.807) is 30.5 Å². The minimum atomic E-state index is -1.49. The molecular formula is C24H32FN7O9. The predicted octanol–water partition coefficient (Wildman–Crippen LogP) is 1.19. The van der Waals surface area contributed by atoms with Gasteiger partial charge in [0.2, 0.25) is 0 Å². The third-order valence-electron chi connectivity index (χ3n) is 5.46. The number of ether oxygens (including phenoxy) is 1. The minimum Gasteiger partial charge on any atom is -0.487 e. The van der Waals surface area contributed by atoms with Gasteiger partial charge in [0, 0.05) is 18.7 Å². The number of urea groups is 2. The number of unbranched alkanes of at least 4 members (excludes halogenated alkanes) is 1. The van der Waals surface area contributed by atoms with Crippen LogP contribution in [0.2, 0.25) is 0 Å². The number of halogens is 1. The van der Waals surface area contributed by atoms with Crippen LogP contribution in [0, 0.1) is 0 Å². The molecule has 0 saturated carbocycles. The molecule has 2 aromatic rings. The summed E-state index contributed by atoms with van der Waals surface area (Å²) in [4.78, 5) is 57.4. The van der Waals surface area contributed by atoms with Crippen molar-refractivity contribution in [2.24, 2.45) is 0 Å². The number of carboxylic acid groups (broad SMARTS) is 3. The van der Waals surface area contributed by atoms with E-state index in [0.717, 1.165) is 0 Å². The summed E-state index contributed by atoms with van der Waals surface area (Å²) in [5, 5.41) is 44.2. The second-order valence-electron chi connectivity index (χ2n) is 8.68. The molecule has 1 aromatic heterocycles. The first-order chi connectivity index (χ1) is 19.6. The van der Waals surface area contributed by atoms with Crippen molar-refractivity contribution in [2.75, 3.05) is 18.5 Å². The lowest BCUT2D eigenvalue weighted by Gasteiger charge is -2.18. The molecule has 41 heavy (non-hydrogen) atoms. The largest absolute Gasteiger partial charge is 0.487 e. The number of anilines is 1. The molecular weight excluding hydrogens is 549 g/mol. The molecule has 0 fully saturated rings. The first-order valence-electron chi connectivity index (χ1n) is 12.5. The topological polar surface area (TPSA) is 234 Å². The second kappa shape index (κ2) is 16.9. The Morgan fingerprint density at radius 3 is 2.20 bits per heavy atom. The normalized spacial score (nSPS) is 12.0. The van der Waals surface area contributed by atoms with Crippen LogP contribution in [-0.2, 0) is 27.5 Å². The Morgan fingerprint density at radius 2 is 1.59 bits per heavy atom. The van der Waals surface area contributed by atoms with Crippen molar-refractivity contribution in [1.82, 2.24) is 30.9 Å². The highest BCUT2D eigenvalue weighted by Crippen LogP contribution is 2.16. The third-order valence-corrected chi connectivity index (χ3v) is 5.46. The number of aromatic nitrogens is 3. The molecule has 7 N–H and O–H groups in total. The zero-order valence-corrected chi connectivity index (χ0v) is 21.9. The van der Waals surface area contributed by atoms with Crippen LogP contribution < -0.4 is 26.0 Å². The monoisotopic (exact) mass is 581 g/mol. The van der Waals surface area contributed by atoms with Crippen molar-refractivity contribution in [3.05, 3.63) is 36.2 Å². The summed E-state index contributed by atoms with van der Waals surface area (Å²) in [5.74, 6) is -3.50. The van der Waals surface area contributed by atoms with Gasteiger partial charge in [-0.1, -0.05) is 5.21 Å². The molecule has 0 aliphatic heterocycles. The number of amides is 4. The molecule has 0 saturated heterocycles. The number of hydrogen-bond donors (Lipinski definition) is 7. The zero-order valence-electron chi connectivity index (χ0n) is 21.9. The van der Waals surface area contributed by atoms with Gasteiger partial charge in [-0.3, -0.25) is 4.79 Å². The Bertz CT molecular complexity index is 1180. The van der Waals surface area contributed by atoms with Gasteiger partial charge in [0.15, 0.2) is 0 Å².